The molecule has 2 atom stereocenters. The molecule has 3 nitrogen and oxygen atoms in total. The molecular weight excluding hydrogens is 273 g/mol. The van der Waals surface area contributed by atoms with E-state index >= 15 is 0 Å². The SMILES string of the molecule is CCC(COC)NCC(O)c1cc(Cl)ccc1Cl. The van der Waals surface area contributed by atoms with Crippen molar-refractivity contribution in [1.82, 2.24) is 5.32 Å². The van der Waals surface area contributed by atoms with E-state index in [4.69, 9.17) is 27.9 Å². The Morgan fingerprint density at radius 3 is 2.72 bits per heavy atom. The first-order valence-corrected chi connectivity index (χ1v) is 6.69. The highest BCUT2D eigenvalue weighted by Gasteiger charge is 2.14. The number of nitrogens with one attached hydrogen (secondary N) is 1. The van der Waals surface area contributed by atoms with Crippen molar-refractivity contribution in [1.29, 1.82) is 0 Å². The first kappa shape index (κ1) is 15.7. The number of halogens is 2. The smallest absolute Gasteiger partial charge is 0.0929 e. The predicted octanol–water partition coefficient (Wildman–Crippen LogP) is 3.04. The van der Waals surface area contributed by atoms with Crippen molar-refractivity contribution in [2.75, 3.05) is 20.3 Å². The second kappa shape index (κ2) is 7.97. The molecule has 0 fully saturated rings. The van der Waals surface area contributed by atoms with Gasteiger partial charge in [0.05, 0.1) is 12.7 Å². The van der Waals surface area contributed by atoms with Crippen LogP contribution in [-0.4, -0.2) is 31.4 Å². The topological polar surface area (TPSA) is 41.5 Å². The maximum absolute atomic E-state index is 10.1. The molecule has 1 rings (SSSR count). The summed E-state index contributed by atoms with van der Waals surface area (Å²) in [6, 6.07) is 5.30. The van der Waals surface area contributed by atoms with Crippen LogP contribution in [0.5, 0.6) is 0 Å². The zero-order chi connectivity index (χ0) is 13.5. The van der Waals surface area contributed by atoms with Crippen molar-refractivity contribution >= 4 is 23.2 Å². The molecule has 18 heavy (non-hydrogen) atoms. The first-order chi connectivity index (χ1) is 8.58. The molecule has 0 radical (unpaired) electrons. The highest BCUT2D eigenvalue weighted by atomic mass is 35.5. The van der Waals surface area contributed by atoms with Crippen LogP contribution in [0.3, 0.4) is 0 Å². The molecule has 5 heteroatoms. The molecule has 1 aromatic rings. The minimum absolute atomic E-state index is 0.225. The Balaban J connectivity index is 2.59. The van der Waals surface area contributed by atoms with E-state index in [-0.39, 0.29) is 6.04 Å². The quantitative estimate of drug-likeness (QED) is 0.811. The van der Waals surface area contributed by atoms with Crippen LogP contribution in [0.1, 0.15) is 25.0 Å². The van der Waals surface area contributed by atoms with Crippen molar-refractivity contribution in [3.8, 4) is 0 Å². The normalized spacial score (nSPS) is 14.5. The van der Waals surface area contributed by atoms with Gasteiger partial charge in [-0.25, -0.2) is 0 Å². The molecule has 0 aliphatic rings. The minimum Gasteiger partial charge on any atom is -0.387 e. The fraction of sp³-hybridized carbons (Fsp3) is 0.538. The highest BCUT2D eigenvalue weighted by molar-refractivity contribution is 6.33. The van der Waals surface area contributed by atoms with Gasteiger partial charge in [-0.05, 0) is 24.6 Å². The van der Waals surface area contributed by atoms with Crippen LogP contribution < -0.4 is 5.32 Å². The Bertz CT molecular complexity index is 374. The van der Waals surface area contributed by atoms with Crippen molar-refractivity contribution in [3.63, 3.8) is 0 Å². The molecule has 1 aromatic carbocycles. The van der Waals surface area contributed by atoms with Crippen molar-refractivity contribution in [3.05, 3.63) is 33.8 Å². The zero-order valence-corrected chi connectivity index (χ0v) is 12.1. The number of methoxy groups -OCH3 is 1. The van der Waals surface area contributed by atoms with Crippen LogP contribution >= 0.6 is 23.2 Å². The number of rotatable bonds is 7. The van der Waals surface area contributed by atoms with Gasteiger partial charge in [0.1, 0.15) is 0 Å². The van der Waals surface area contributed by atoms with Crippen LogP contribution in [0.15, 0.2) is 18.2 Å². The van der Waals surface area contributed by atoms with E-state index in [1.165, 1.54) is 0 Å². The molecular formula is C13H19Cl2NO2. The van der Waals surface area contributed by atoms with Crippen LogP contribution in [0.2, 0.25) is 10.0 Å². The molecule has 2 unspecified atom stereocenters. The van der Waals surface area contributed by atoms with Crippen molar-refractivity contribution in [2.45, 2.75) is 25.5 Å². The molecule has 0 heterocycles. The molecule has 0 spiro atoms. The summed E-state index contributed by atoms with van der Waals surface area (Å²) < 4.78 is 5.08. The highest BCUT2D eigenvalue weighted by Crippen LogP contribution is 2.26. The fourth-order valence-corrected chi connectivity index (χ4v) is 2.10. The summed E-state index contributed by atoms with van der Waals surface area (Å²) in [6.45, 7) is 3.10. The Morgan fingerprint density at radius 2 is 2.11 bits per heavy atom. The molecule has 0 aromatic heterocycles. The summed E-state index contributed by atoms with van der Waals surface area (Å²) in [5, 5.41) is 14.4. The predicted molar refractivity (Wildman–Crippen MR) is 75.4 cm³/mol. The van der Waals surface area contributed by atoms with Gasteiger partial charge in [-0.15, -0.1) is 0 Å². The summed E-state index contributed by atoms with van der Waals surface area (Å²) >= 11 is 11.9. The molecule has 0 saturated carbocycles. The maximum atomic E-state index is 10.1. The lowest BCUT2D eigenvalue weighted by molar-refractivity contribution is 0.137. The van der Waals surface area contributed by atoms with Gasteiger partial charge in [-0.3, -0.25) is 0 Å². The summed E-state index contributed by atoms with van der Waals surface area (Å²) in [5.74, 6) is 0. The summed E-state index contributed by atoms with van der Waals surface area (Å²) in [4.78, 5) is 0. The number of hydrogen-bond acceptors (Lipinski definition) is 3. The van der Waals surface area contributed by atoms with E-state index in [0.29, 0.717) is 28.8 Å². The largest absolute Gasteiger partial charge is 0.387 e. The summed E-state index contributed by atoms with van der Waals surface area (Å²) in [7, 11) is 1.66. The maximum Gasteiger partial charge on any atom is 0.0929 e. The average Bonchev–Trinajstić information content (AvgIpc) is 2.37. The van der Waals surface area contributed by atoms with Gasteiger partial charge >= 0.3 is 0 Å². The first-order valence-electron chi connectivity index (χ1n) is 5.93. The number of benzene rings is 1. The fourth-order valence-electron chi connectivity index (χ4n) is 1.68. The summed E-state index contributed by atoms with van der Waals surface area (Å²) in [6.07, 6.45) is 0.256. The third-order valence-electron chi connectivity index (χ3n) is 2.78. The minimum atomic E-state index is -0.679. The van der Waals surface area contributed by atoms with Crippen LogP contribution in [0, 0.1) is 0 Å². The van der Waals surface area contributed by atoms with Gasteiger partial charge in [0.15, 0.2) is 0 Å². The van der Waals surface area contributed by atoms with E-state index in [2.05, 4.69) is 12.2 Å². The number of ether oxygens (including phenoxy) is 1. The van der Waals surface area contributed by atoms with E-state index in [1.807, 2.05) is 0 Å². The molecule has 0 amide bonds. The van der Waals surface area contributed by atoms with Gasteiger partial charge in [0.25, 0.3) is 0 Å². The zero-order valence-electron chi connectivity index (χ0n) is 10.6. The second-order valence-corrected chi connectivity index (χ2v) is 4.99. The average molecular weight is 292 g/mol. The number of aliphatic hydroxyl groups excluding tert-OH is 1. The van der Waals surface area contributed by atoms with E-state index < -0.39 is 6.10 Å². The Hall–Kier alpha value is -0.320. The monoisotopic (exact) mass is 291 g/mol. The van der Waals surface area contributed by atoms with E-state index in [1.54, 1.807) is 25.3 Å². The molecule has 102 valence electrons. The lowest BCUT2D eigenvalue weighted by Gasteiger charge is -2.19. The van der Waals surface area contributed by atoms with Gasteiger partial charge in [-0.2, -0.15) is 0 Å². The van der Waals surface area contributed by atoms with E-state index in [0.717, 1.165) is 6.42 Å². The van der Waals surface area contributed by atoms with Crippen molar-refractivity contribution < 1.29 is 9.84 Å². The standard InChI is InChI=1S/C13H19Cl2NO2/c1-3-10(8-18-2)16-7-13(17)11-6-9(14)4-5-12(11)15/h4-6,10,13,16-17H,3,7-8H2,1-2H3. The molecule has 0 saturated heterocycles. The lowest BCUT2D eigenvalue weighted by atomic mass is 10.1. The lowest BCUT2D eigenvalue weighted by Crippen LogP contribution is -2.35. The third-order valence-corrected chi connectivity index (χ3v) is 3.36. The molecule has 0 aliphatic heterocycles. The van der Waals surface area contributed by atoms with Crippen molar-refractivity contribution in [2.24, 2.45) is 0 Å². The molecule has 2 N–H and O–H groups in total. The number of aliphatic hydroxyl groups is 1. The van der Waals surface area contributed by atoms with Gasteiger partial charge in [0.2, 0.25) is 0 Å². The summed E-state index contributed by atoms with van der Waals surface area (Å²) in [5.41, 5.74) is 0.643. The van der Waals surface area contributed by atoms with Crippen LogP contribution in [0.4, 0.5) is 0 Å². The van der Waals surface area contributed by atoms with Crippen LogP contribution in [-0.2, 0) is 4.74 Å². The molecule has 0 bridgehead atoms. The van der Waals surface area contributed by atoms with Gasteiger partial charge in [-0.1, -0.05) is 30.1 Å². The second-order valence-electron chi connectivity index (χ2n) is 4.15. The Kier molecular flexibility index (Phi) is 6.97. The third kappa shape index (κ3) is 4.75. The van der Waals surface area contributed by atoms with Gasteiger partial charge < -0.3 is 15.2 Å². The Labute approximate surface area is 118 Å². The Morgan fingerprint density at radius 1 is 1.39 bits per heavy atom. The number of hydrogen-bond donors (Lipinski definition) is 2. The van der Waals surface area contributed by atoms with Crippen LogP contribution in [0.25, 0.3) is 0 Å². The molecule has 0 aliphatic carbocycles. The van der Waals surface area contributed by atoms with Gasteiger partial charge in [0, 0.05) is 35.3 Å². The van der Waals surface area contributed by atoms with E-state index in [9.17, 15) is 5.11 Å².